The third-order valence-corrected chi connectivity index (χ3v) is 2.73. The van der Waals surface area contributed by atoms with Crippen LogP contribution in [0.25, 0.3) is 0 Å². The van der Waals surface area contributed by atoms with Crippen molar-refractivity contribution in [1.29, 1.82) is 0 Å². The van der Waals surface area contributed by atoms with Crippen LogP contribution in [0.2, 0.25) is 0 Å². The number of ether oxygens (including phenoxy) is 1. The first-order valence-electron chi connectivity index (χ1n) is 6.29. The molecule has 0 aromatic heterocycles. The van der Waals surface area contributed by atoms with Crippen molar-refractivity contribution in [1.82, 2.24) is 10.2 Å². The van der Waals surface area contributed by atoms with Gasteiger partial charge in [-0.25, -0.2) is 0 Å². The number of hydrogen-bond acceptors (Lipinski definition) is 4. The first-order valence-corrected chi connectivity index (χ1v) is 6.29. The van der Waals surface area contributed by atoms with Crippen LogP contribution in [0.1, 0.15) is 26.7 Å². The molecule has 1 unspecified atom stereocenters. The van der Waals surface area contributed by atoms with Gasteiger partial charge in [-0.1, -0.05) is 0 Å². The van der Waals surface area contributed by atoms with Gasteiger partial charge in [-0.05, 0) is 33.7 Å². The Morgan fingerprint density at radius 1 is 1.44 bits per heavy atom. The fourth-order valence-electron chi connectivity index (χ4n) is 1.66. The Labute approximate surface area is 99.0 Å². The summed E-state index contributed by atoms with van der Waals surface area (Å²) >= 11 is 0. The van der Waals surface area contributed by atoms with Crippen molar-refractivity contribution in [2.45, 2.75) is 44.9 Å². The first kappa shape index (κ1) is 13.9. The number of nitrogens with zero attached hydrogens (tertiary/aromatic N) is 1. The van der Waals surface area contributed by atoms with E-state index in [4.69, 9.17) is 4.74 Å². The minimum Gasteiger partial charge on any atom is -0.395 e. The lowest BCUT2D eigenvalue weighted by molar-refractivity contribution is 0.0605. The zero-order valence-electron chi connectivity index (χ0n) is 10.8. The van der Waals surface area contributed by atoms with E-state index < -0.39 is 0 Å². The van der Waals surface area contributed by atoms with E-state index in [0.29, 0.717) is 12.1 Å². The maximum Gasteiger partial charge on any atom is 0.0597 e. The Morgan fingerprint density at radius 3 is 2.62 bits per heavy atom. The molecule has 1 aliphatic rings. The summed E-state index contributed by atoms with van der Waals surface area (Å²) in [6.45, 7) is 6.87. The van der Waals surface area contributed by atoms with Gasteiger partial charge in [0.05, 0.1) is 19.3 Å². The Bertz CT molecular complexity index is 184. The lowest BCUT2D eigenvalue weighted by atomic mass is 10.3. The molecule has 96 valence electrons. The Hall–Kier alpha value is -0.160. The normalized spacial score (nSPS) is 18.4. The number of nitrogens with one attached hydrogen (secondary N) is 1. The summed E-state index contributed by atoms with van der Waals surface area (Å²) in [6, 6.07) is 0.856. The SMILES string of the molecule is CC(C)OCCN(C)CC(CO)NC1CC1. The number of aliphatic hydroxyl groups is 1. The molecule has 0 bridgehead atoms. The third kappa shape index (κ3) is 6.43. The molecule has 4 heteroatoms. The molecule has 0 saturated heterocycles. The topological polar surface area (TPSA) is 44.7 Å². The fraction of sp³-hybridized carbons (Fsp3) is 1.00. The Balaban J connectivity index is 2.07. The van der Waals surface area contributed by atoms with E-state index in [-0.39, 0.29) is 12.6 Å². The van der Waals surface area contributed by atoms with Gasteiger partial charge in [0.2, 0.25) is 0 Å². The molecule has 2 N–H and O–H groups in total. The van der Waals surface area contributed by atoms with E-state index in [9.17, 15) is 5.11 Å². The molecule has 0 heterocycles. The van der Waals surface area contributed by atoms with Crippen LogP contribution in [0.4, 0.5) is 0 Å². The summed E-state index contributed by atoms with van der Waals surface area (Å²) in [5, 5.41) is 12.7. The van der Waals surface area contributed by atoms with Gasteiger partial charge in [0, 0.05) is 25.2 Å². The molecule has 4 nitrogen and oxygen atoms in total. The summed E-state index contributed by atoms with van der Waals surface area (Å²) in [4.78, 5) is 2.21. The van der Waals surface area contributed by atoms with Gasteiger partial charge >= 0.3 is 0 Å². The van der Waals surface area contributed by atoms with Crippen LogP contribution in [-0.4, -0.2) is 61.5 Å². The minimum absolute atomic E-state index is 0.205. The lowest BCUT2D eigenvalue weighted by Gasteiger charge is -2.23. The second-order valence-electron chi connectivity index (χ2n) is 5.00. The highest BCUT2D eigenvalue weighted by Gasteiger charge is 2.24. The Kier molecular flexibility index (Phi) is 6.28. The van der Waals surface area contributed by atoms with E-state index >= 15 is 0 Å². The molecule has 0 aliphatic heterocycles. The van der Waals surface area contributed by atoms with Gasteiger partial charge in [0.1, 0.15) is 0 Å². The summed E-state index contributed by atoms with van der Waals surface area (Å²) in [6.07, 6.45) is 2.82. The molecule has 1 saturated carbocycles. The fourth-order valence-corrected chi connectivity index (χ4v) is 1.66. The number of hydrogen-bond donors (Lipinski definition) is 2. The molecule has 0 spiro atoms. The summed E-state index contributed by atoms with van der Waals surface area (Å²) < 4.78 is 5.50. The predicted octanol–water partition coefficient (Wildman–Crippen LogP) is 0.456. The van der Waals surface area contributed by atoms with E-state index in [1.54, 1.807) is 0 Å². The molecule has 1 aliphatic carbocycles. The van der Waals surface area contributed by atoms with Crippen molar-refractivity contribution < 1.29 is 9.84 Å². The highest BCUT2D eigenvalue weighted by Crippen LogP contribution is 2.19. The van der Waals surface area contributed by atoms with Gasteiger partial charge in [-0.3, -0.25) is 0 Å². The van der Waals surface area contributed by atoms with Crippen molar-refractivity contribution in [3.8, 4) is 0 Å². The average Bonchev–Trinajstić information content (AvgIpc) is 3.00. The van der Waals surface area contributed by atoms with Crippen molar-refractivity contribution in [3.05, 3.63) is 0 Å². The van der Waals surface area contributed by atoms with Crippen LogP contribution >= 0.6 is 0 Å². The lowest BCUT2D eigenvalue weighted by Crippen LogP contribution is -2.44. The van der Waals surface area contributed by atoms with Gasteiger partial charge in [0.25, 0.3) is 0 Å². The van der Waals surface area contributed by atoms with E-state index in [1.165, 1.54) is 12.8 Å². The molecular formula is C12H26N2O2. The molecule has 0 radical (unpaired) electrons. The molecular weight excluding hydrogens is 204 g/mol. The van der Waals surface area contributed by atoms with Gasteiger partial charge < -0.3 is 20.1 Å². The monoisotopic (exact) mass is 230 g/mol. The molecule has 0 aromatic carbocycles. The minimum atomic E-state index is 0.205. The molecule has 1 atom stereocenters. The van der Waals surface area contributed by atoms with Gasteiger partial charge in [0.15, 0.2) is 0 Å². The number of likely N-dealkylation sites (N-methyl/N-ethyl adjacent to an activating group) is 1. The summed E-state index contributed by atoms with van der Waals surface area (Å²) in [5.74, 6) is 0. The van der Waals surface area contributed by atoms with Crippen molar-refractivity contribution in [3.63, 3.8) is 0 Å². The smallest absolute Gasteiger partial charge is 0.0597 e. The Morgan fingerprint density at radius 2 is 2.12 bits per heavy atom. The van der Waals surface area contributed by atoms with Gasteiger partial charge in [-0.2, -0.15) is 0 Å². The average molecular weight is 230 g/mol. The predicted molar refractivity (Wildman–Crippen MR) is 65.6 cm³/mol. The summed E-state index contributed by atoms with van der Waals surface area (Å²) in [7, 11) is 2.07. The van der Waals surface area contributed by atoms with Crippen LogP contribution in [0.5, 0.6) is 0 Å². The van der Waals surface area contributed by atoms with E-state index in [1.807, 2.05) is 13.8 Å². The van der Waals surface area contributed by atoms with Crippen LogP contribution in [0.15, 0.2) is 0 Å². The summed E-state index contributed by atoms with van der Waals surface area (Å²) in [5.41, 5.74) is 0. The van der Waals surface area contributed by atoms with Crippen LogP contribution < -0.4 is 5.32 Å². The second kappa shape index (κ2) is 7.22. The molecule has 1 fully saturated rings. The molecule has 0 amide bonds. The molecule has 16 heavy (non-hydrogen) atoms. The quantitative estimate of drug-likeness (QED) is 0.604. The molecule has 0 aromatic rings. The third-order valence-electron chi connectivity index (χ3n) is 2.73. The van der Waals surface area contributed by atoms with Crippen LogP contribution in [0, 0.1) is 0 Å². The highest BCUT2D eigenvalue weighted by molar-refractivity contribution is 4.85. The van der Waals surface area contributed by atoms with Crippen molar-refractivity contribution in [2.24, 2.45) is 0 Å². The van der Waals surface area contributed by atoms with Crippen LogP contribution in [-0.2, 0) is 4.74 Å². The zero-order valence-corrected chi connectivity index (χ0v) is 10.8. The number of rotatable bonds is 9. The number of aliphatic hydroxyl groups excluding tert-OH is 1. The maximum absolute atomic E-state index is 9.24. The van der Waals surface area contributed by atoms with Crippen molar-refractivity contribution in [2.75, 3.05) is 33.4 Å². The van der Waals surface area contributed by atoms with Crippen LogP contribution in [0.3, 0.4) is 0 Å². The van der Waals surface area contributed by atoms with Crippen molar-refractivity contribution >= 4 is 0 Å². The standard InChI is InChI=1S/C12H26N2O2/c1-10(2)16-7-6-14(3)8-12(9-15)13-11-4-5-11/h10-13,15H,4-9H2,1-3H3. The van der Waals surface area contributed by atoms with E-state index in [2.05, 4.69) is 17.3 Å². The van der Waals surface area contributed by atoms with Gasteiger partial charge in [-0.15, -0.1) is 0 Å². The highest BCUT2D eigenvalue weighted by atomic mass is 16.5. The largest absolute Gasteiger partial charge is 0.395 e. The second-order valence-corrected chi connectivity index (χ2v) is 5.00. The zero-order chi connectivity index (χ0) is 12.0. The molecule has 1 rings (SSSR count). The first-order chi connectivity index (χ1) is 7.61. The maximum atomic E-state index is 9.24. The van der Waals surface area contributed by atoms with E-state index in [0.717, 1.165) is 19.7 Å².